The van der Waals surface area contributed by atoms with Gasteiger partial charge in [0.15, 0.2) is 6.04 Å². The molecule has 7 atom stereocenters. The van der Waals surface area contributed by atoms with Gasteiger partial charge in [0.2, 0.25) is 5.91 Å². The van der Waals surface area contributed by atoms with Crippen LogP contribution in [-0.2, 0) is 51.3 Å². The number of esters is 2. The molecule has 4 fully saturated rings. The highest BCUT2D eigenvalue weighted by molar-refractivity contribution is 14.1. The Hall–Kier alpha value is -3.15. The summed E-state index contributed by atoms with van der Waals surface area (Å²) in [4.78, 5) is 59.5. The molecule has 3 heterocycles. The van der Waals surface area contributed by atoms with E-state index >= 15 is 0 Å². The minimum Gasteiger partial charge on any atom is -0.460 e. The van der Waals surface area contributed by atoms with Crippen molar-refractivity contribution in [3.05, 3.63) is 68.8 Å². The highest BCUT2D eigenvalue weighted by Gasteiger charge is 2.74. The van der Waals surface area contributed by atoms with E-state index in [1.807, 2.05) is 24.3 Å². The van der Waals surface area contributed by atoms with Crippen LogP contribution in [-0.4, -0.2) is 89.4 Å². The molecule has 0 unspecified atom stereocenters. The van der Waals surface area contributed by atoms with Gasteiger partial charge < -0.3 is 34.7 Å². The molecular formula is C34H40IN3O10. The summed E-state index contributed by atoms with van der Waals surface area (Å²) in [5.41, 5.74) is -0.0447. The van der Waals surface area contributed by atoms with Crippen molar-refractivity contribution in [1.82, 2.24) is 15.7 Å². The third kappa shape index (κ3) is 7.09. The van der Waals surface area contributed by atoms with E-state index in [0.29, 0.717) is 11.1 Å². The number of halogens is 1. The number of aliphatic hydroxyl groups excluding tert-OH is 1. The molecule has 0 aromatic heterocycles. The van der Waals surface area contributed by atoms with Gasteiger partial charge in [-0.3, -0.25) is 24.0 Å². The number of rotatable bonds is 11. The molecule has 14 heteroatoms. The van der Waals surface area contributed by atoms with E-state index in [4.69, 9.17) is 23.8 Å². The fraction of sp³-hybridized carbons (Fsp3) is 0.529. The Labute approximate surface area is 292 Å². The van der Waals surface area contributed by atoms with Gasteiger partial charge in [0, 0.05) is 28.5 Å². The van der Waals surface area contributed by atoms with E-state index in [0.717, 1.165) is 9.13 Å². The molecule has 3 aliphatic heterocycles. The molecule has 258 valence electrons. The summed E-state index contributed by atoms with van der Waals surface area (Å²) in [7, 11) is 0. The number of hydrogen-bond donors (Lipinski definition) is 3. The fourth-order valence-corrected chi connectivity index (χ4v) is 7.59. The average molecular weight is 778 g/mol. The summed E-state index contributed by atoms with van der Waals surface area (Å²) < 4.78 is 23.9. The summed E-state index contributed by atoms with van der Waals surface area (Å²) in [6.45, 7) is 5.31. The van der Waals surface area contributed by atoms with Gasteiger partial charge in [-0.2, -0.15) is 5.06 Å². The second kappa shape index (κ2) is 14.0. The Morgan fingerprint density at radius 3 is 2.60 bits per heavy atom. The Morgan fingerprint density at radius 2 is 1.85 bits per heavy atom. The van der Waals surface area contributed by atoms with Crippen LogP contribution in [0.15, 0.2) is 48.5 Å². The molecular weight excluding hydrogens is 737 g/mol. The van der Waals surface area contributed by atoms with Crippen molar-refractivity contribution >= 4 is 46.3 Å². The predicted molar refractivity (Wildman–Crippen MR) is 177 cm³/mol. The third-order valence-corrected chi connectivity index (χ3v) is 9.71. The summed E-state index contributed by atoms with van der Waals surface area (Å²) in [5, 5.41) is 17.1. The molecule has 2 aromatic carbocycles. The van der Waals surface area contributed by atoms with Crippen LogP contribution in [0.5, 0.6) is 0 Å². The van der Waals surface area contributed by atoms with Gasteiger partial charge in [-0.25, -0.2) is 0 Å². The van der Waals surface area contributed by atoms with Crippen molar-refractivity contribution in [2.24, 2.45) is 5.41 Å². The van der Waals surface area contributed by atoms with E-state index < -0.39 is 65.4 Å². The zero-order valence-corrected chi connectivity index (χ0v) is 29.1. The minimum absolute atomic E-state index is 0.00941. The monoisotopic (exact) mass is 777 g/mol. The van der Waals surface area contributed by atoms with E-state index in [-0.39, 0.29) is 51.7 Å². The minimum atomic E-state index is -1.30. The van der Waals surface area contributed by atoms with Crippen LogP contribution in [0.2, 0.25) is 0 Å². The van der Waals surface area contributed by atoms with Crippen molar-refractivity contribution in [1.29, 1.82) is 0 Å². The molecule has 3 N–H and O–H groups in total. The van der Waals surface area contributed by atoms with Crippen molar-refractivity contribution in [2.45, 2.75) is 95.2 Å². The molecule has 3 saturated heterocycles. The van der Waals surface area contributed by atoms with Crippen LogP contribution >= 0.6 is 22.6 Å². The first kappa shape index (κ1) is 34.7. The number of ether oxygens (including phenoxy) is 4. The summed E-state index contributed by atoms with van der Waals surface area (Å²) in [6.07, 6.45) is -2.13. The lowest BCUT2D eigenvalue weighted by molar-refractivity contribution is -0.201. The van der Waals surface area contributed by atoms with E-state index in [9.17, 15) is 24.3 Å². The Balaban J connectivity index is 1.15. The molecule has 1 aliphatic carbocycles. The van der Waals surface area contributed by atoms with E-state index in [1.165, 1.54) is 0 Å². The molecule has 0 spiro atoms. The number of hydrogen-bond acceptors (Lipinski definition) is 11. The Bertz CT molecular complexity index is 1570. The van der Waals surface area contributed by atoms with Gasteiger partial charge in [0.05, 0.1) is 19.2 Å². The van der Waals surface area contributed by atoms with Crippen molar-refractivity contribution in [2.75, 3.05) is 13.4 Å². The van der Waals surface area contributed by atoms with Gasteiger partial charge in [-0.1, -0.05) is 24.3 Å². The second-order valence-electron chi connectivity index (χ2n) is 13.6. The van der Waals surface area contributed by atoms with Crippen molar-refractivity contribution < 1.29 is 48.1 Å². The number of benzene rings is 2. The summed E-state index contributed by atoms with van der Waals surface area (Å²) in [5.74, 6) is -1.78. The Kier molecular flexibility index (Phi) is 10.1. The van der Waals surface area contributed by atoms with Gasteiger partial charge in [-0.15, -0.1) is 0 Å². The van der Waals surface area contributed by atoms with Crippen LogP contribution in [0.3, 0.4) is 0 Å². The molecule has 48 heavy (non-hydrogen) atoms. The lowest BCUT2D eigenvalue weighted by atomic mass is 9.62. The van der Waals surface area contributed by atoms with Crippen LogP contribution in [0.25, 0.3) is 0 Å². The first-order chi connectivity index (χ1) is 22.9. The predicted octanol–water partition coefficient (Wildman–Crippen LogP) is 2.36. The fourth-order valence-electron chi connectivity index (χ4n) is 6.98. The molecule has 2 aromatic rings. The third-order valence-electron chi connectivity index (χ3n) is 9.04. The van der Waals surface area contributed by atoms with Crippen molar-refractivity contribution in [3.8, 4) is 0 Å². The van der Waals surface area contributed by atoms with Gasteiger partial charge >= 0.3 is 11.9 Å². The molecule has 0 radical (unpaired) electrons. The molecule has 1 saturated carbocycles. The number of nitrogens with zero attached hydrogens (tertiary/aromatic N) is 1. The smallest absolute Gasteiger partial charge is 0.327 e. The standard InChI is InChI=1S/C34H40IN3O10/c1-33(2,3)47-25(40)11-10-23(17-39)37-30(41)21-8-4-6-19(12-21)15-36-32(43)34-14-24-26-27(45-18-44-26)29(34)48-38(28(34)31(42)46-24)16-20-7-5-9-22(35)13-20/h4-9,12-13,23-24,26-29,39H,10-11,14-18H2,1-3H3,(H,36,43)(H,37,41)/t23-,24+,26-,27-,28-,29+,34-/m0/s1. The molecule has 2 bridgehead atoms. The highest BCUT2D eigenvalue weighted by Crippen LogP contribution is 2.55. The maximum Gasteiger partial charge on any atom is 0.327 e. The lowest BCUT2D eigenvalue weighted by Gasteiger charge is -2.48. The van der Waals surface area contributed by atoms with Crippen LogP contribution in [0, 0.1) is 8.99 Å². The normalized spacial score (nSPS) is 28.3. The highest BCUT2D eigenvalue weighted by atomic mass is 127. The number of amides is 2. The summed E-state index contributed by atoms with van der Waals surface area (Å²) >= 11 is 2.22. The van der Waals surface area contributed by atoms with E-state index in [2.05, 4.69) is 33.2 Å². The number of carbonyl (C=O) groups is 4. The molecule has 4 aliphatic rings. The number of nitrogens with one attached hydrogen (secondary N) is 2. The van der Waals surface area contributed by atoms with E-state index in [1.54, 1.807) is 50.1 Å². The lowest BCUT2D eigenvalue weighted by Crippen LogP contribution is -2.69. The largest absolute Gasteiger partial charge is 0.460 e. The molecule has 13 nitrogen and oxygen atoms in total. The van der Waals surface area contributed by atoms with Crippen LogP contribution < -0.4 is 10.6 Å². The maximum atomic E-state index is 14.3. The average Bonchev–Trinajstić information content (AvgIpc) is 3.66. The number of fused-ring (bicyclic) bond motifs is 4. The van der Waals surface area contributed by atoms with Gasteiger partial charge in [0.25, 0.3) is 5.91 Å². The first-order valence-corrected chi connectivity index (χ1v) is 17.1. The zero-order chi connectivity index (χ0) is 34.2. The molecule has 2 amide bonds. The topological polar surface area (TPSA) is 162 Å². The van der Waals surface area contributed by atoms with Gasteiger partial charge in [0.1, 0.15) is 42.2 Å². The quantitative estimate of drug-likeness (QED) is 0.227. The Morgan fingerprint density at radius 1 is 1.10 bits per heavy atom. The maximum absolute atomic E-state index is 14.3. The number of hydroxylamine groups is 2. The number of aliphatic hydroxyl groups is 1. The molecule has 6 rings (SSSR count). The second-order valence-corrected chi connectivity index (χ2v) is 14.8. The SMILES string of the molecule is CC(C)(C)OC(=O)CC[C@@H](CO)NC(=O)c1cccc(CNC(=O)[C@@]23C[C@H]4OC(=O)[C@@H]2N(Cc2cccc(I)c2)O[C@@H]3[C@H]2OCO[C@H]24)c1. The van der Waals surface area contributed by atoms with Crippen molar-refractivity contribution in [3.63, 3.8) is 0 Å². The first-order valence-electron chi connectivity index (χ1n) is 16.0. The van der Waals surface area contributed by atoms with Crippen LogP contribution in [0.1, 0.15) is 61.5 Å². The zero-order valence-electron chi connectivity index (χ0n) is 27.0. The van der Waals surface area contributed by atoms with Gasteiger partial charge in [-0.05, 0) is 85.2 Å². The number of carbonyl (C=O) groups excluding carboxylic acids is 4. The van der Waals surface area contributed by atoms with Crippen LogP contribution in [0.4, 0.5) is 0 Å². The summed E-state index contributed by atoms with van der Waals surface area (Å²) in [6, 6.07) is 12.9.